The Morgan fingerprint density at radius 1 is 0.952 bits per heavy atom. The third kappa shape index (κ3) is 6.30. The summed E-state index contributed by atoms with van der Waals surface area (Å²) >= 11 is 0. The number of rotatable bonds is 10. The molecule has 9 heteroatoms. The molecule has 9 nitrogen and oxygen atoms in total. The second-order valence-corrected chi connectivity index (χ2v) is 10.5. The van der Waals surface area contributed by atoms with E-state index in [4.69, 9.17) is 23.7 Å². The molecule has 1 aliphatic carbocycles. The fourth-order valence-corrected chi connectivity index (χ4v) is 5.53. The monoisotopic (exact) mass is 577 g/mol. The number of hydrogen-bond acceptors (Lipinski definition) is 9. The van der Waals surface area contributed by atoms with Crippen molar-refractivity contribution >= 4 is 17.7 Å². The SMILES string of the molecule is CCOc1cc([C@@H]2C(C(=O)O[C@@H](C)CC)=C(C)NC3=C2C(=O)C[C@@H](c2ccc(OC)c(OC)c2)C3)ccc1OC(C)=O. The number of Topliss-reactive ketones (excluding diaryl/α,β-unsaturated/α-hetero) is 1. The Morgan fingerprint density at radius 2 is 1.62 bits per heavy atom. The summed E-state index contributed by atoms with van der Waals surface area (Å²) in [5.41, 5.74) is 3.90. The average molecular weight is 578 g/mol. The van der Waals surface area contributed by atoms with Crippen LogP contribution in [0.4, 0.5) is 0 Å². The highest BCUT2D eigenvalue weighted by molar-refractivity contribution is 6.04. The van der Waals surface area contributed by atoms with Crippen LogP contribution in [-0.4, -0.2) is 44.7 Å². The van der Waals surface area contributed by atoms with Crippen molar-refractivity contribution in [1.82, 2.24) is 5.32 Å². The van der Waals surface area contributed by atoms with Gasteiger partial charge in [0.25, 0.3) is 0 Å². The number of esters is 2. The number of carbonyl (C=O) groups is 3. The van der Waals surface area contributed by atoms with E-state index < -0.39 is 17.9 Å². The Bertz CT molecular complexity index is 1440. The first-order chi connectivity index (χ1) is 20.1. The van der Waals surface area contributed by atoms with Gasteiger partial charge < -0.3 is 29.0 Å². The van der Waals surface area contributed by atoms with Crippen LogP contribution in [0.1, 0.15) is 76.8 Å². The number of hydrogen-bond donors (Lipinski definition) is 1. The molecule has 0 unspecified atom stereocenters. The normalized spacial score (nSPS) is 19.0. The Labute approximate surface area is 246 Å². The highest BCUT2D eigenvalue weighted by Gasteiger charge is 2.42. The molecular weight excluding hydrogens is 538 g/mol. The Morgan fingerprint density at radius 3 is 2.26 bits per heavy atom. The molecule has 0 aromatic heterocycles. The maximum Gasteiger partial charge on any atom is 0.337 e. The van der Waals surface area contributed by atoms with E-state index in [1.807, 2.05) is 45.9 Å². The molecule has 1 heterocycles. The van der Waals surface area contributed by atoms with E-state index in [0.717, 1.165) is 11.3 Å². The number of allylic oxidation sites excluding steroid dienone is 3. The molecule has 1 N–H and O–H groups in total. The minimum absolute atomic E-state index is 0.0723. The molecule has 0 radical (unpaired) electrons. The number of carbonyl (C=O) groups excluding carboxylic acids is 3. The second-order valence-electron chi connectivity index (χ2n) is 10.5. The summed E-state index contributed by atoms with van der Waals surface area (Å²) in [6.45, 7) is 9.08. The van der Waals surface area contributed by atoms with E-state index in [9.17, 15) is 14.4 Å². The Hall–Kier alpha value is -4.27. The van der Waals surface area contributed by atoms with Crippen LogP contribution in [0, 0.1) is 0 Å². The molecule has 42 heavy (non-hydrogen) atoms. The van der Waals surface area contributed by atoms with Gasteiger partial charge in [-0.1, -0.05) is 19.1 Å². The Balaban J connectivity index is 1.82. The number of ether oxygens (including phenoxy) is 5. The molecule has 2 aromatic carbocycles. The third-order valence-electron chi connectivity index (χ3n) is 7.66. The van der Waals surface area contributed by atoms with Crippen LogP contribution in [0.25, 0.3) is 0 Å². The van der Waals surface area contributed by atoms with Crippen molar-refractivity contribution in [3.63, 3.8) is 0 Å². The summed E-state index contributed by atoms with van der Waals surface area (Å²) in [6, 6.07) is 10.8. The van der Waals surface area contributed by atoms with Gasteiger partial charge in [-0.25, -0.2) is 4.79 Å². The van der Waals surface area contributed by atoms with Gasteiger partial charge in [-0.15, -0.1) is 0 Å². The van der Waals surface area contributed by atoms with Crippen LogP contribution >= 0.6 is 0 Å². The summed E-state index contributed by atoms with van der Waals surface area (Å²) in [5, 5.41) is 3.38. The van der Waals surface area contributed by atoms with Gasteiger partial charge >= 0.3 is 11.9 Å². The van der Waals surface area contributed by atoms with Crippen molar-refractivity contribution in [3.8, 4) is 23.0 Å². The maximum atomic E-state index is 14.0. The quantitative estimate of drug-likeness (QED) is 0.280. The molecule has 0 amide bonds. The van der Waals surface area contributed by atoms with Crippen molar-refractivity contribution < 1.29 is 38.1 Å². The predicted molar refractivity (Wildman–Crippen MR) is 157 cm³/mol. The zero-order valence-electron chi connectivity index (χ0n) is 25.3. The van der Waals surface area contributed by atoms with E-state index in [-0.39, 0.29) is 30.0 Å². The molecular formula is C33H39NO8. The first kappa shape index (κ1) is 30.7. The second kappa shape index (κ2) is 13.1. The minimum Gasteiger partial charge on any atom is -0.493 e. The van der Waals surface area contributed by atoms with Gasteiger partial charge in [0.05, 0.1) is 32.5 Å². The van der Waals surface area contributed by atoms with Gasteiger partial charge in [0, 0.05) is 36.2 Å². The van der Waals surface area contributed by atoms with E-state index in [0.29, 0.717) is 59.1 Å². The lowest BCUT2D eigenvalue weighted by Crippen LogP contribution is -2.36. The highest BCUT2D eigenvalue weighted by atomic mass is 16.6. The van der Waals surface area contributed by atoms with E-state index in [1.165, 1.54) is 6.92 Å². The number of nitrogens with one attached hydrogen (secondary N) is 1. The molecule has 0 bridgehead atoms. The summed E-state index contributed by atoms with van der Waals surface area (Å²) in [5.74, 6) is 0.00304. The van der Waals surface area contributed by atoms with Crippen molar-refractivity contribution in [2.45, 2.75) is 71.8 Å². The van der Waals surface area contributed by atoms with Crippen LogP contribution in [-0.2, 0) is 19.1 Å². The van der Waals surface area contributed by atoms with E-state index >= 15 is 0 Å². The van der Waals surface area contributed by atoms with E-state index in [2.05, 4.69) is 5.32 Å². The van der Waals surface area contributed by atoms with Crippen molar-refractivity contribution in [2.24, 2.45) is 0 Å². The first-order valence-corrected chi connectivity index (χ1v) is 14.2. The summed E-state index contributed by atoms with van der Waals surface area (Å²) in [4.78, 5) is 39.3. The van der Waals surface area contributed by atoms with Crippen molar-refractivity contribution in [2.75, 3.05) is 20.8 Å². The number of benzene rings is 2. The predicted octanol–water partition coefficient (Wildman–Crippen LogP) is 5.73. The van der Waals surface area contributed by atoms with Gasteiger partial charge in [-0.2, -0.15) is 0 Å². The molecule has 224 valence electrons. The molecule has 4 rings (SSSR count). The topological polar surface area (TPSA) is 109 Å². The molecule has 1 aliphatic heterocycles. The van der Waals surface area contributed by atoms with Gasteiger partial charge in [0.2, 0.25) is 0 Å². The molecule has 0 fully saturated rings. The molecule has 2 aromatic rings. The molecule has 0 spiro atoms. The number of methoxy groups -OCH3 is 2. The average Bonchev–Trinajstić information content (AvgIpc) is 2.96. The molecule has 3 atom stereocenters. The van der Waals surface area contributed by atoms with Crippen LogP contribution in [0.5, 0.6) is 23.0 Å². The van der Waals surface area contributed by atoms with Gasteiger partial charge in [-0.05, 0) is 74.9 Å². The van der Waals surface area contributed by atoms with Gasteiger partial charge in [0.1, 0.15) is 0 Å². The lowest BCUT2D eigenvalue weighted by Gasteiger charge is -2.37. The minimum atomic E-state index is -0.692. The smallest absolute Gasteiger partial charge is 0.337 e. The maximum absolute atomic E-state index is 14.0. The van der Waals surface area contributed by atoms with Crippen LogP contribution in [0.15, 0.2) is 58.9 Å². The lowest BCUT2D eigenvalue weighted by atomic mass is 9.71. The van der Waals surface area contributed by atoms with Crippen LogP contribution in [0.3, 0.4) is 0 Å². The highest BCUT2D eigenvalue weighted by Crippen LogP contribution is 2.47. The fraction of sp³-hybridized carbons (Fsp3) is 0.424. The first-order valence-electron chi connectivity index (χ1n) is 14.2. The standard InChI is InChI=1S/C33H39NO8/c1-8-18(3)41-33(37)30-19(4)34-24-14-23(21-10-12-26(38-6)28(16-21)39-7)15-25(36)32(24)31(30)22-11-13-27(42-20(5)35)29(17-22)40-9-2/h10-13,16-18,23,31,34H,8-9,14-15H2,1-7H3/t18-,23-,31+/m0/s1. The molecule has 2 aliphatic rings. The molecule has 0 saturated carbocycles. The molecule has 0 saturated heterocycles. The number of dihydropyridines is 1. The third-order valence-corrected chi connectivity index (χ3v) is 7.66. The van der Waals surface area contributed by atoms with Crippen molar-refractivity contribution in [1.29, 1.82) is 0 Å². The number of ketones is 1. The fourth-order valence-electron chi connectivity index (χ4n) is 5.53. The zero-order valence-corrected chi connectivity index (χ0v) is 25.3. The zero-order chi connectivity index (χ0) is 30.6. The van der Waals surface area contributed by atoms with Gasteiger partial charge in [-0.3, -0.25) is 9.59 Å². The summed E-state index contributed by atoms with van der Waals surface area (Å²) in [7, 11) is 3.17. The lowest BCUT2D eigenvalue weighted by molar-refractivity contribution is -0.144. The van der Waals surface area contributed by atoms with E-state index in [1.54, 1.807) is 32.4 Å². The summed E-state index contributed by atoms with van der Waals surface area (Å²) < 4.78 is 27.8. The summed E-state index contributed by atoms with van der Waals surface area (Å²) in [6.07, 6.45) is 1.17. The Kier molecular flexibility index (Phi) is 9.60. The van der Waals surface area contributed by atoms with Crippen LogP contribution in [0.2, 0.25) is 0 Å². The van der Waals surface area contributed by atoms with Crippen LogP contribution < -0.4 is 24.3 Å². The van der Waals surface area contributed by atoms with Gasteiger partial charge in [0.15, 0.2) is 28.8 Å². The largest absolute Gasteiger partial charge is 0.493 e. The van der Waals surface area contributed by atoms with Crippen molar-refractivity contribution in [3.05, 3.63) is 70.1 Å².